The molecule has 1 heterocycles. The summed E-state index contributed by atoms with van der Waals surface area (Å²) >= 11 is 0. The molecule has 1 aromatic rings. The molecule has 11 heavy (non-hydrogen) atoms. The fraction of sp³-hybridized carbons (Fsp3) is 0.500. The number of aromatic nitrogens is 1. The third kappa shape index (κ3) is 1.67. The van der Waals surface area contributed by atoms with Crippen LogP contribution in [-0.4, -0.2) is 10.8 Å². The quantitative estimate of drug-likeness (QED) is 0.622. The molecule has 0 saturated heterocycles. The van der Waals surface area contributed by atoms with E-state index in [4.69, 9.17) is 4.42 Å². The van der Waals surface area contributed by atoms with Gasteiger partial charge in [-0.3, -0.25) is 4.79 Å². The average molecular weight is 153 g/mol. The number of nitrogens with zero attached hydrogens (tertiary/aromatic N) is 1. The van der Waals surface area contributed by atoms with Crippen molar-refractivity contribution >= 4 is 5.78 Å². The van der Waals surface area contributed by atoms with Crippen molar-refractivity contribution in [3.8, 4) is 0 Å². The number of oxazole rings is 1. The van der Waals surface area contributed by atoms with E-state index in [1.54, 1.807) is 0 Å². The molecule has 3 nitrogen and oxygen atoms in total. The van der Waals surface area contributed by atoms with Crippen LogP contribution in [0.25, 0.3) is 0 Å². The maximum atomic E-state index is 11.0. The van der Waals surface area contributed by atoms with E-state index in [1.165, 1.54) is 6.26 Å². The molecule has 0 N–H and O–H groups in total. The van der Waals surface area contributed by atoms with Crippen molar-refractivity contribution in [3.05, 3.63) is 17.8 Å². The van der Waals surface area contributed by atoms with Gasteiger partial charge in [-0.25, -0.2) is 4.98 Å². The minimum absolute atomic E-state index is 0.0356. The fourth-order valence-electron chi connectivity index (χ4n) is 0.782. The van der Waals surface area contributed by atoms with E-state index in [0.29, 0.717) is 18.0 Å². The number of ketones is 1. The highest BCUT2D eigenvalue weighted by atomic mass is 16.3. The lowest BCUT2D eigenvalue weighted by atomic mass is 10.2. The summed E-state index contributed by atoms with van der Waals surface area (Å²) in [6, 6.07) is 0. The molecule has 0 aromatic carbocycles. The lowest BCUT2D eigenvalue weighted by molar-refractivity contribution is 0.0983. The summed E-state index contributed by atoms with van der Waals surface area (Å²) in [5.74, 6) is 0.662. The third-order valence-corrected chi connectivity index (χ3v) is 1.46. The van der Waals surface area contributed by atoms with Crippen LogP contribution in [0.5, 0.6) is 0 Å². The Bertz CT molecular complexity index is 252. The predicted octanol–water partition coefficient (Wildman–Crippen LogP) is 1.83. The van der Waals surface area contributed by atoms with Gasteiger partial charge >= 0.3 is 0 Å². The molecule has 0 bridgehead atoms. The number of rotatable bonds is 3. The summed E-state index contributed by atoms with van der Waals surface area (Å²) in [7, 11) is 0. The molecule has 0 aliphatic heterocycles. The van der Waals surface area contributed by atoms with Crippen LogP contribution >= 0.6 is 0 Å². The van der Waals surface area contributed by atoms with Gasteiger partial charge in [-0.05, 0) is 0 Å². The summed E-state index contributed by atoms with van der Waals surface area (Å²) in [6.45, 7) is 3.74. The van der Waals surface area contributed by atoms with Crippen LogP contribution in [0.2, 0.25) is 0 Å². The molecular formula is C8H11NO2. The summed E-state index contributed by atoms with van der Waals surface area (Å²) < 4.78 is 5.00. The molecule has 0 unspecified atom stereocenters. The van der Waals surface area contributed by atoms with Crippen LogP contribution in [-0.2, 0) is 6.42 Å². The molecule has 0 saturated carbocycles. The van der Waals surface area contributed by atoms with Crippen molar-refractivity contribution in [2.24, 2.45) is 0 Å². The lowest BCUT2D eigenvalue weighted by Gasteiger charge is -1.85. The Hall–Kier alpha value is -1.12. The Morgan fingerprint density at radius 3 is 2.82 bits per heavy atom. The van der Waals surface area contributed by atoms with Crippen molar-refractivity contribution < 1.29 is 9.21 Å². The van der Waals surface area contributed by atoms with Crippen LogP contribution in [0.1, 0.15) is 36.6 Å². The normalized spacial score (nSPS) is 10.0. The highest BCUT2D eigenvalue weighted by Crippen LogP contribution is 2.04. The molecule has 0 aliphatic rings. The van der Waals surface area contributed by atoms with Crippen LogP contribution in [0.4, 0.5) is 0 Å². The first-order valence-corrected chi connectivity index (χ1v) is 3.75. The maximum absolute atomic E-state index is 11.0. The van der Waals surface area contributed by atoms with E-state index in [1.807, 2.05) is 13.8 Å². The van der Waals surface area contributed by atoms with Gasteiger partial charge in [0.1, 0.15) is 12.0 Å². The molecule has 0 radical (unpaired) electrons. The Labute approximate surface area is 65.4 Å². The summed E-state index contributed by atoms with van der Waals surface area (Å²) in [5.41, 5.74) is 0.448. The van der Waals surface area contributed by atoms with Gasteiger partial charge in [0.05, 0.1) is 0 Å². The van der Waals surface area contributed by atoms with E-state index in [-0.39, 0.29) is 5.78 Å². The number of carbonyl (C=O) groups is 1. The third-order valence-electron chi connectivity index (χ3n) is 1.46. The van der Waals surface area contributed by atoms with Gasteiger partial charge in [0, 0.05) is 12.8 Å². The first-order valence-electron chi connectivity index (χ1n) is 3.75. The van der Waals surface area contributed by atoms with E-state index in [0.717, 1.165) is 6.42 Å². The standard InChI is InChI=1S/C8H11NO2/c1-3-7(10)6-5-11-8(4-2)9-6/h5H,3-4H2,1-2H3. The van der Waals surface area contributed by atoms with Crippen LogP contribution in [0.15, 0.2) is 10.7 Å². The van der Waals surface area contributed by atoms with Crippen LogP contribution in [0, 0.1) is 0 Å². The maximum Gasteiger partial charge on any atom is 0.194 e. The Morgan fingerprint density at radius 1 is 1.64 bits per heavy atom. The predicted molar refractivity (Wildman–Crippen MR) is 40.5 cm³/mol. The monoisotopic (exact) mass is 153 g/mol. The minimum atomic E-state index is 0.0356. The minimum Gasteiger partial charge on any atom is -0.448 e. The second-order valence-electron chi connectivity index (χ2n) is 2.26. The topological polar surface area (TPSA) is 43.1 Å². The molecule has 1 aromatic heterocycles. The second kappa shape index (κ2) is 3.32. The van der Waals surface area contributed by atoms with Crippen molar-refractivity contribution in [1.29, 1.82) is 0 Å². The molecular weight excluding hydrogens is 142 g/mol. The zero-order valence-electron chi connectivity index (χ0n) is 6.76. The molecule has 0 atom stereocenters. The van der Waals surface area contributed by atoms with Crippen molar-refractivity contribution in [2.75, 3.05) is 0 Å². The van der Waals surface area contributed by atoms with Gasteiger partial charge in [0.15, 0.2) is 11.7 Å². The number of Topliss-reactive ketones (excluding diaryl/α,β-unsaturated/α-hetero) is 1. The smallest absolute Gasteiger partial charge is 0.194 e. The van der Waals surface area contributed by atoms with E-state index < -0.39 is 0 Å². The molecule has 3 heteroatoms. The molecule has 0 amide bonds. The molecule has 0 aliphatic carbocycles. The van der Waals surface area contributed by atoms with Gasteiger partial charge < -0.3 is 4.42 Å². The fourth-order valence-corrected chi connectivity index (χ4v) is 0.782. The Kier molecular flexibility index (Phi) is 2.41. The number of hydrogen-bond acceptors (Lipinski definition) is 3. The van der Waals surface area contributed by atoms with Crippen LogP contribution in [0.3, 0.4) is 0 Å². The second-order valence-corrected chi connectivity index (χ2v) is 2.26. The van der Waals surface area contributed by atoms with Gasteiger partial charge in [-0.1, -0.05) is 13.8 Å². The first kappa shape index (κ1) is 7.98. The van der Waals surface area contributed by atoms with Gasteiger partial charge in [0.2, 0.25) is 0 Å². The first-order chi connectivity index (χ1) is 5.27. The number of carbonyl (C=O) groups excluding carboxylic acids is 1. The largest absolute Gasteiger partial charge is 0.448 e. The van der Waals surface area contributed by atoms with Gasteiger partial charge in [0.25, 0.3) is 0 Å². The summed E-state index contributed by atoms with van der Waals surface area (Å²) in [6.07, 6.45) is 2.64. The van der Waals surface area contributed by atoms with E-state index in [9.17, 15) is 4.79 Å². The van der Waals surface area contributed by atoms with Crippen molar-refractivity contribution in [2.45, 2.75) is 26.7 Å². The average Bonchev–Trinajstić information content (AvgIpc) is 2.50. The molecule has 0 fully saturated rings. The van der Waals surface area contributed by atoms with Gasteiger partial charge in [-0.2, -0.15) is 0 Å². The van der Waals surface area contributed by atoms with E-state index >= 15 is 0 Å². The SMILES string of the molecule is CCC(=O)c1coc(CC)n1. The highest BCUT2D eigenvalue weighted by Gasteiger charge is 2.07. The highest BCUT2D eigenvalue weighted by molar-refractivity contribution is 5.93. The molecule has 60 valence electrons. The zero-order chi connectivity index (χ0) is 8.27. The molecule has 1 rings (SSSR count). The Morgan fingerprint density at radius 2 is 2.36 bits per heavy atom. The number of hydrogen-bond donors (Lipinski definition) is 0. The summed E-state index contributed by atoms with van der Waals surface area (Å²) in [4.78, 5) is 15.0. The van der Waals surface area contributed by atoms with Crippen molar-refractivity contribution in [1.82, 2.24) is 4.98 Å². The van der Waals surface area contributed by atoms with Crippen molar-refractivity contribution in [3.63, 3.8) is 0 Å². The van der Waals surface area contributed by atoms with E-state index in [2.05, 4.69) is 4.98 Å². The number of aryl methyl sites for hydroxylation is 1. The molecule has 0 spiro atoms. The summed E-state index contributed by atoms with van der Waals surface area (Å²) in [5, 5.41) is 0. The van der Waals surface area contributed by atoms with Crippen LogP contribution < -0.4 is 0 Å². The lowest BCUT2D eigenvalue weighted by Crippen LogP contribution is -1.96. The zero-order valence-corrected chi connectivity index (χ0v) is 6.76. The van der Waals surface area contributed by atoms with Gasteiger partial charge in [-0.15, -0.1) is 0 Å². The Balaban J connectivity index is 2.80.